The Hall–Kier alpha value is -0.780. The average Bonchev–Trinajstić information content (AvgIpc) is 2.45. The van der Waals surface area contributed by atoms with Crippen molar-refractivity contribution >= 4 is 12.1 Å². The normalized spacial score (nSPS) is 14.1. The van der Waals surface area contributed by atoms with Gasteiger partial charge in [0.15, 0.2) is 0 Å². The van der Waals surface area contributed by atoms with Crippen molar-refractivity contribution in [2.45, 2.75) is 38.8 Å². The fourth-order valence-electron chi connectivity index (χ4n) is 1.62. The summed E-state index contributed by atoms with van der Waals surface area (Å²) in [5, 5.41) is 21.6. The van der Waals surface area contributed by atoms with Crippen LogP contribution in [0.4, 0.5) is 4.79 Å². The molecular weight excluding hydrogens is 516 g/mol. The molecule has 1 aromatic rings. The zero-order chi connectivity index (χ0) is 18.5. The van der Waals surface area contributed by atoms with Gasteiger partial charge in [0.25, 0.3) is 0 Å². The van der Waals surface area contributed by atoms with E-state index in [1.165, 1.54) is 0 Å². The number of carbonyl (C=O) groups is 2. The van der Waals surface area contributed by atoms with E-state index in [0.717, 1.165) is 0 Å². The van der Waals surface area contributed by atoms with Crippen molar-refractivity contribution in [1.82, 2.24) is 5.32 Å². The van der Waals surface area contributed by atoms with Crippen molar-refractivity contribution in [3.05, 3.63) is 24.8 Å². The van der Waals surface area contributed by atoms with Gasteiger partial charge < -0.3 is 0 Å². The Balaban J connectivity index is 2.97. The first-order valence-electron chi connectivity index (χ1n) is 7.14. The molecule has 22 heavy (non-hydrogen) atoms. The third-order valence-electron chi connectivity index (χ3n) is 2.51. The molecule has 6 nitrogen and oxygen atoms in total. The molecule has 1 aromatic carbocycles. The maximum absolute atomic E-state index is 11.8. The second kappa shape index (κ2) is 7.66. The summed E-state index contributed by atoms with van der Waals surface area (Å²) in [4.78, 5) is 23.2. The number of aliphatic carboxylic acids is 1. The van der Waals surface area contributed by atoms with Crippen LogP contribution in [-0.4, -0.2) is 35.1 Å². The molecule has 0 aliphatic carbocycles. The molecular formula is C14H19I2NO5-2. The van der Waals surface area contributed by atoms with E-state index in [9.17, 15) is 19.8 Å². The van der Waals surface area contributed by atoms with Gasteiger partial charge in [0, 0.05) is 0 Å². The van der Waals surface area contributed by atoms with E-state index in [2.05, 4.69) is 5.32 Å². The van der Waals surface area contributed by atoms with Crippen molar-refractivity contribution in [2.75, 3.05) is 0 Å². The van der Waals surface area contributed by atoms with Crippen LogP contribution in [0.5, 0.6) is 5.75 Å². The maximum atomic E-state index is 11.8. The van der Waals surface area contributed by atoms with E-state index in [1.807, 2.05) is 0 Å². The number of phenols is 1. The minimum absolute atomic E-state index is 0.0116. The Bertz CT molecular complexity index is 597. The van der Waals surface area contributed by atoms with E-state index >= 15 is 0 Å². The van der Waals surface area contributed by atoms with E-state index in [4.69, 9.17) is 5.92 Å². The summed E-state index contributed by atoms with van der Waals surface area (Å²) in [7, 11) is 0. The molecule has 3 N–H and O–H groups in total. The summed E-state index contributed by atoms with van der Waals surface area (Å²) < 4.78 is 21.0. The number of hydrogen-bond acceptors (Lipinski definition) is 4. The fourth-order valence-corrected chi connectivity index (χ4v) is 3.52. The summed E-state index contributed by atoms with van der Waals surface area (Å²) in [6.45, 7) is 5.03. The monoisotopic (exact) mass is 537 g/mol. The second-order valence-corrected chi connectivity index (χ2v) is 7.97. The summed E-state index contributed by atoms with van der Waals surface area (Å²) in [5.74, 6) is -1.23. The molecule has 0 bridgehead atoms. The molecule has 0 saturated heterocycles. The Morgan fingerprint density at radius 3 is 2.32 bits per heavy atom. The molecule has 0 aliphatic heterocycles. The van der Waals surface area contributed by atoms with E-state index in [1.54, 1.807) is 32.9 Å². The number of hydrogen-bond donors (Lipinski definition) is 3. The van der Waals surface area contributed by atoms with Gasteiger partial charge in [-0.3, -0.25) is 0 Å². The molecule has 0 heterocycles. The van der Waals surface area contributed by atoms with Gasteiger partial charge in [-0.1, -0.05) is 0 Å². The minimum atomic E-state index is -1.21. The SMILES string of the molecule is [2H][I-]c1cc(C[C@H](NC(=O)OC(C)(C)C)C(=O)O)cc([I-][2H])c1O. The van der Waals surface area contributed by atoms with Gasteiger partial charge in [-0.25, -0.2) is 0 Å². The van der Waals surface area contributed by atoms with Gasteiger partial charge in [0.2, 0.25) is 0 Å². The summed E-state index contributed by atoms with van der Waals surface area (Å²) in [6, 6.07) is 1.95. The van der Waals surface area contributed by atoms with Crippen LogP contribution in [0.25, 0.3) is 0 Å². The van der Waals surface area contributed by atoms with Crippen molar-refractivity contribution in [3.8, 4) is 5.75 Å². The molecule has 0 aliphatic rings. The van der Waals surface area contributed by atoms with Gasteiger partial charge in [-0.2, -0.15) is 0 Å². The average molecular weight is 537 g/mol. The van der Waals surface area contributed by atoms with E-state index in [0.29, 0.717) is 12.7 Å². The van der Waals surface area contributed by atoms with Gasteiger partial charge in [0.1, 0.15) is 0 Å². The van der Waals surface area contributed by atoms with Gasteiger partial charge in [0.05, 0.1) is 0 Å². The fraction of sp³-hybridized carbons (Fsp3) is 0.429. The molecule has 8 heteroatoms. The zero-order valence-electron chi connectivity index (χ0n) is 14.3. The number of benzene rings is 1. The number of carboxylic acids is 1. The van der Waals surface area contributed by atoms with Crippen LogP contribution in [-0.2, 0) is 16.0 Å². The second-order valence-electron chi connectivity index (χ2n) is 5.65. The quantitative estimate of drug-likeness (QED) is 0.316. The van der Waals surface area contributed by atoms with Crippen molar-refractivity contribution < 1.29 is 69.3 Å². The van der Waals surface area contributed by atoms with Gasteiger partial charge in [-0.15, -0.1) is 0 Å². The number of halogens is 2. The van der Waals surface area contributed by atoms with E-state index < -0.39 is 68.5 Å². The predicted molar refractivity (Wildman–Crippen MR) is 72.8 cm³/mol. The molecule has 126 valence electrons. The number of ether oxygens (including phenoxy) is 1. The molecule has 0 unspecified atom stereocenters. The summed E-state index contributed by atoms with van der Waals surface area (Å²) in [6.07, 6.45) is -0.836. The standard InChI is InChI=1S/C14H19I2NO5/c1-14(2,3)22-13(21)17-10(12(19)20)6-7-4-8(15)11(18)9(16)5-7/h4-5,10,15-16,18H,6H2,1-3H3,(H,17,21)(H,19,20)/q-2/t10-/m0/s1/i15D,16D. The molecule has 0 spiro atoms. The van der Waals surface area contributed by atoms with Gasteiger partial charge in [-0.05, 0) is 0 Å². The summed E-state index contributed by atoms with van der Waals surface area (Å²) in [5.41, 5.74) is -0.169. The first-order valence-corrected chi connectivity index (χ1v) is 8.54. The van der Waals surface area contributed by atoms with E-state index in [-0.39, 0.29) is 12.2 Å². The molecule has 0 radical (unpaired) electrons. The zero-order valence-corrected chi connectivity index (χ0v) is 16.6. The first kappa shape index (κ1) is 16.1. The third-order valence-corrected chi connectivity index (χ3v) is 4.15. The van der Waals surface area contributed by atoms with Crippen LogP contribution in [0.2, 0.25) is 0 Å². The number of nitrogens with one attached hydrogen (secondary N) is 1. The Kier molecular flexibility index (Phi) is 5.61. The Labute approximate surface area is 156 Å². The molecule has 1 amide bonds. The number of aromatic hydroxyl groups is 1. The number of alkyl carbamates (subject to hydrolysis) is 1. The molecule has 0 saturated carbocycles. The van der Waals surface area contributed by atoms with Gasteiger partial charge >= 0.3 is 157 Å². The van der Waals surface area contributed by atoms with Crippen molar-refractivity contribution in [2.24, 2.45) is 0 Å². The molecule has 0 fully saturated rings. The van der Waals surface area contributed by atoms with Crippen LogP contribution in [0, 0.1) is 7.14 Å². The first-order chi connectivity index (χ1) is 11.1. The molecule has 0 aromatic heterocycles. The topological polar surface area (TPSA) is 95.9 Å². The molecule has 1 rings (SSSR count). The Morgan fingerprint density at radius 2 is 1.91 bits per heavy atom. The number of carboxylic acid groups (broad SMARTS) is 1. The number of amides is 1. The van der Waals surface area contributed by atoms with Crippen molar-refractivity contribution in [1.29, 1.82) is 1.19 Å². The molecule has 1 atom stereocenters. The van der Waals surface area contributed by atoms with Crippen molar-refractivity contribution in [3.63, 3.8) is 0 Å². The predicted octanol–water partition coefficient (Wildman–Crippen LogP) is -5.18. The number of rotatable bonds is 6. The number of carbonyl (C=O) groups excluding carboxylic acids is 1. The van der Waals surface area contributed by atoms with Crippen LogP contribution in [0.15, 0.2) is 12.1 Å². The van der Waals surface area contributed by atoms with Crippen LogP contribution >= 0.6 is 0 Å². The number of phenolic OH excluding ortho intramolecular Hbond substituents is 1. The Morgan fingerprint density at radius 1 is 1.36 bits per heavy atom. The van der Waals surface area contributed by atoms with Crippen LogP contribution in [0.3, 0.4) is 0 Å². The third kappa shape index (κ3) is 6.15. The van der Waals surface area contributed by atoms with Crippen LogP contribution in [0.1, 0.15) is 26.3 Å². The van der Waals surface area contributed by atoms with Crippen LogP contribution < -0.4 is 50.1 Å². The summed E-state index contributed by atoms with van der Waals surface area (Å²) >= 11 is -2.31.